The molecule has 0 bridgehead atoms. The Morgan fingerprint density at radius 1 is 1.03 bits per heavy atom. The number of hydrogen-bond donors (Lipinski definition) is 2. The predicted molar refractivity (Wildman–Crippen MR) is 142 cm³/mol. The second kappa shape index (κ2) is 11.0. The second-order valence-corrected chi connectivity index (χ2v) is 8.38. The van der Waals surface area contributed by atoms with Crippen LogP contribution < -0.4 is 15.8 Å². The second-order valence-electron chi connectivity index (χ2n) is 8.38. The zero-order chi connectivity index (χ0) is 24.8. The van der Waals surface area contributed by atoms with Gasteiger partial charge in [-0.15, -0.1) is 0 Å². The van der Waals surface area contributed by atoms with Crippen molar-refractivity contribution in [2.75, 3.05) is 38.4 Å². The van der Waals surface area contributed by atoms with Crippen LogP contribution in [-0.4, -0.2) is 42.9 Å². The number of urea groups is 1. The van der Waals surface area contributed by atoms with Gasteiger partial charge in [-0.25, -0.2) is 4.79 Å². The fourth-order valence-corrected chi connectivity index (χ4v) is 4.19. The van der Waals surface area contributed by atoms with Gasteiger partial charge in [-0.05, 0) is 36.8 Å². The number of carbonyl (C=O) groups excluding carboxylic acids is 1. The van der Waals surface area contributed by atoms with Crippen molar-refractivity contribution in [1.82, 2.24) is 9.47 Å². The van der Waals surface area contributed by atoms with Crippen molar-refractivity contribution in [3.8, 4) is 17.0 Å². The van der Waals surface area contributed by atoms with Gasteiger partial charge < -0.3 is 30.0 Å². The highest BCUT2D eigenvalue weighted by atomic mass is 16.5. The lowest BCUT2D eigenvalue weighted by Gasteiger charge is -2.18. The average molecular weight is 473 g/mol. The molecule has 182 valence electrons. The number of nitrogens with zero attached hydrogens (tertiary/aromatic N) is 2. The predicted octanol–water partition coefficient (Wildman–Crippen LogP) is 5.60. The molecular weight excluding hydrogens is 440 g/mol. The molecule has 0 aliphatic rings. The summed E-state index contributed by atoms with van der Waals surface area (Å²) in [5.74, 6) is 0.783. The highest BCUT2D eigenvalue weighted by molar-refractivity contribution is 6.01. The third kappa shape index (κ3) is 5.41. The maximum Gasteiger partial charge on any atom is 0.321 e. The van der Waals surface area contributed by atoms with Crippen molar-refractivity contribution in [2.24, 2.45) is 0 Å². The molecule has 0 saturated carbocycles. The van der Waals surface area contributed by atoms with Crippen molar-refractivity contribution in [3.63, 3.8) is 0 Å². The van der Waals surface area contributed by atoms with E-state index in [1.807, 2.05) is 72.8 Å². The third-order valence-electron chi connectivity index (χ3n) is 5.97. The number of benzene rings is 3. The Balaban J connectivity index is 1.53. The van der Waals surface area contributed by atoms with Crippen molar-refractivity contribution in [2.45, 2.75) is 20.0 Å². The Bertz CT molecular complexity index is 1280. The molecule has 35 heavy (non-hydrogen) atoms. The van der Waals surface area contributed by atoms with E-state index in [2.05, 4.69) is 16.8 Å². The zero-order valence-corrected chi connectivity index (χ0v) is 20.5. The van der Waals surface area contributed by atoms with Gasteiger partial charge >= 0.3 is 6.03 Å². The molecule has 1 aromatic heterocycles. The lowest BCUT2D eigenvalue weighted by atomic mass is 10.1. The maximum absolute atomic E-state index is 12.6. The van der Waals surface area contributed by atoms with E-state index in [9.17, 15) is 4.79 Å². The first-order valence-electron chi connectivity index (χ1n) is 11.7. The summed E-state index contributed by atoms with van der Waals surface area (Å²) >= 11 is 0. The number of ether oxygens (including phenoxy) is 2. The van der Waals surface area contributed by atoms with Gasteiger partial charge in [-0.2, -0.15) is 0 Å². The number of amides is 2. The molecule has 3 N–H and O–H groups in total. The van der Waals surface area contributed by atoms with Crippen LogP contribution in [0.3, 0.4) is 0 Å². The lowest BCUT2D eigenvalue weighted by molar-refractivity contribution is 0.146. The fourth-order valence-electron chi connectivity index (χ4n) is 4.19. The quantitative estimate of drug-likeness (QED) is 0.311. The summed E-state index contributed by atoms with van der Waals surface area (Å²) in [4.78, 5) is 14.3. The van der Waals surface area contributed by atoms with Crippen LogP contribution in [-0.2, 0) is 17.8 Å². The molecule has 0 spiro atoms. The minimum Gasteiger partial charge on any atom is -0.491 e. The van der Waals surface area contributed by atoms with Gasteiger partial charge in [0.2, 0.25) is 0 Å². The number of rotatable bonds is 9. The molecule has 0 aliphatic heterocycles. The number of hydrogen-bond acceptors (Lipinski definition) is 4. The standard InChI is InChI=1S/C28H32N4O3/c1-4-32-25-18-23(35-17-16-34-3)14-15-24(25)26(29)27(32)21-10-12-22(13-11-21)30-28(33)31(2)19-20-8-6-5-7-9-20/h5-15,18H,4,16-17,19,29H2,1-3H3,(H,30,33). The third-order valence-corrected chi connectivity index (χ3v) is 5.97. The first-order chi connectivity index (χ1) is 17.0. The van der Waals surface area contributed by atoms with E-state index in [0.717, 1.165) is 51.4 Å². The van der Waals surface area contributed by atoms with Crippen LogP contribution in [0.4, 0.5) is 16.2 Å². The first-order valence-corrected chi connectivity index (χ1v) is 11.7. The molecule has 0 fully saturated rings. The molecule has 4 aromatic rings. The number of fused-ring (bicyclic) bond motifs is 1. The monoisotopic (exact) mass is 472 g/mol. The number of carbonyl (C=O) groups is 1. The molecule has 4 rings (SSSR count). The largest absolute Gasteiger partial charge is 0.491 e. The number of aryl methyl sites for hydroxylation is 1. The number of anilines is 2. The first kappa shape index (κ1) is 24.2. The molecule has 1 heterocycles. The SMILES string of the molecule is CCn1c(-c2ccc(NC(=O)N(C)Cc3ccccc3)cc2)c(N)c2ccc(OCCOC)cc21. The Labute approximate surface area is 206 Å². The van der Waals surface area contributed by atoms with E-state index in [1.165, 1.54) is 0 Å². The number of methoxy groups -OCH3 is 1. The lowest BCUT2D eigenvalue weighted by Crippen LogP contribution is -2.30. The van der Waals surface area contributed by atoms with Crippen LogP contribution in [0.25, 0.3) is 22.2 Å². The van der Waals surface area contributed by atoms with Crippen LogP contribution in [0.15, 0.2) is 72.8 Å². The summed E-state index contributed by atoms with van der Waals surface area (Å²) in [7, 11) is 3.44. The van der Waals surface area contributed by atoms with Gasteiger partial charge in [0.15, 0.2) is 0 Å². The summed E-state index contributed by atoms with van der Waals surface area (Å²) in [6.07, 6.45) is 0. The molecular formula is C28H32N4O3. The van der Waals surface area contributed by atoms with Crippen molar-refractivity contribution in [3.05, 3.63) is 78.4 Å². The van der Waals surface area contributed by atoms with E-state index < -0.39 is 0 Å². The van der Waals surface area contributed by atoms with E-state index >= 15 is 0 Å². The van der Waals surface area contributed by atoms with Crippen molar-refractivity contribution >= 4 is 28.3 Å². The van der Waals surface area contributed by atoms with E-state index in [-0.39, 0.29) is 6.03 Å². The van der Waals surface area contributed by atoms with Crippen LogP contribution in [0, 0.1) is 0 Å². The Hall–Kier alpha value is -3.97. The number of nitrogens with two attached hydrogens (primary N) is 1. The summed E-state index contributed by atoms with van der Waals surface area (Å²) in [5.41, 5.74) is 12.1. The molecule has 0 aliphatic carbocycles. The average Bonchev–Trinajstić information content (AvgIpc) is 3.16. The van der Waals surface area contributed by atoms with Gasteiger partial charge in [0.1, 0.15) is 12.4 Å². The van der Waals surface area contributed by atoms with Crippen molar-refractivity contribution in [1.29, 1.82) is 0 Å². The summed E-state index contributed by atoms with van der Waals surface area (Å²) < 4.78 is 13.1. The minimum absolute atomic E-state index is 0.162. The Morgan fingerprint density at radius 2 is 1.77 bits per heavy atom. The smallest absolute Gasteiger partial charge is 0.321 e. The number of nitrogen functional groups attached to an aromatic ring is 1. The maximum atomic E-state index is 12.6. The van der Waals surface area contributed by atoms with Crippen LogP contribution in [0.1, 0.15) is 12.5 Å². The summed E-state index contributed by atoms with van der Waals surface area (Å²) in [6, 6.07) is 23.5. The molecule has 2 amide bonds. The molecule has 0 saturated heterocycles. The molecule has 7 heteroatoms. The zero-order valence-electron chi connectivity index (χ0n) is 20.5. The Morgan fingerprint density at radius 3 is 2.46 bits per heavy atom. The van der Waals surface area contributed by atoms with Gasteiger partial charge in [-0.1, -0.05) is 42.5 Å². The molecule has 3 aromatic carbocycles. The molecule has 7 nitrogen and oxygen atoms in total. The number of nitrogens with one attached hydrogen (secondary N) is 1. The molecule has 0 unspecified atom stereocenters. The van der Waals surface area contributed by atoms with Crippen LogP contribution in [0.2, 0.25) is 0 Å². The van der Waals surface area contributed by atoms with E-state index in [4.69, 9.17) is 15.2 Å². The summed E-state index contributed by atoms with van der Waals surface area (Å²) in [6.45, 7) is 4.41. The van der Waals surface area contributed by atoms with Crippen molar-refractivity contribution < 1.29 is 14.3 Å². The van der Waals surface area contributed by atoms with Gasteiger partial charge in [-0.3, -0.25) is 0 Å². The van der Waals surface area contributed by atoms with Gasteiger partial charge in [0, 0.05) is 50.0 Å². The van der Waals surface area contributed by atoms with E-state index in [1.54, 1.807) is 19.1 Å². The highest BCUT2D eigenvalue weighted by Gasteiger charge is 2.17. The van der Waals surface area contributed by atoms with Crippen LogP contribution in [0.5, 0.6) is 5.75 Å². The van der Waals surface area contributed by atoms with E-state index in [0.29, 0.717) is 19.8 Å². The number of aromatic nitrogens is 1. The highest BCUT2D eigenvalue weighted by Crippen LogP contribution is 2.38. The molecule has 0 atom stereocenters. The van der Waals surface area contributed by atoms with Gasteiger partial charge in [0.05, 0.1) is 23.5 Å². The van der Waals surface area contributed by atoms with Crippen LogP contribution >= 0.6 is 0 Å². The Kier molecular flexibility index (Phi) is 7.57. The van der Waals surface area contributed by atoms with Gasteiger partial charge in [0.25, 0.3) is 0 Å². The summed E-state index contributed by atoms with van der Waals surface area (Å²) in [5, 5.41) is 3.95. The minimum atomic E-state index is -0.162. The topological polar surface area (TPSA) is 81.8 Å². The normalized spacial score (nSPS) is 10.9. The fraction of sp³-hybridized carbons (Fsp3) is 0.250. The molecule has 0 radical (unpaired) electrons.